The van der Waals surface area contributed by atoms with Crippen molar-refractivity contribution in [1.82, 2.24) is 4.98 Å². The van der Waals surface area contributed by atoms with E-state index >= 15 is 0 Å². The van der Waals surface area contributed by atoms with Gasteiger partial charge in [0.2, 0.25) is 0 Å². The number of rotatable bonds is 3. The molecule has 6 rings (SSSR count). The molecule has 3 nitrogen and oxygen atoms in total. The van der Waals surface area contributed by atoms with Crippen molar-refractivity contribution >= 4 is 21.9 Å². The van der Waals surface area contributed by atoms with E-state index in [0.717, 1.165) is 33.7 Å². The number of benzene rings is 4. The van der Waals surface area contributed by atoms with Gasteiger partial charge in [-0.15, -0.1) is 0 Å². The number of fused-ring (bicyclic) bond motifs is 3. The molecule has 0 radical (unpaired) electrons. The fraction of sp³-hybridized carbons (Fsp3) is 0.0323. The average molecular weight is 458 g/mol. The van der Waals surface area contributed by atoms with Crippen LogP contribution >= 0.6 is 0 Å². The van der Waals surface area contributed by atoms with Gasteiger partial charge >= 0.3 is 0 Å². The molecule has 0 aliphatic rings. The van der Waals surface area contributed by atoms with Gasteiger partial charge in [0.25, 0.3) is 0 Å². The SMILES string of the molecule is [2H]C([2H])([2H])c1cc(-c2cccc3c2oc2c(-c4ccc(-c5ccccc5)cc4)c(C#N)ccc23)ncc1F. The van der Waals surface area contributed by atoms with Crippen LogP contribution in [0.1, 0.15) is 15.2 Å². The molecule has 0 N–H and O–H groups in total. The lowest BCUT2D eigenvalue weighted by atomic mass is 9.95. The van der Waals surface area contributed by atoms with Gasteiger partial charge in [-0.25, -0.2) is 4.39 Å². The van der Waals surface area contributed by atoms with Crippen LogP contribution in [0.2, 0.25) is 0 Å². The Kier molecular flexibility index (Phi) is 4.16. The Morgan fingerprint density at radius 2 is 1.57 bits per heavy atom. The lowest BCUT2D eigenvalue weighted by molar-refractivity contribution is 0.612. The summed E-state index contributed by atoms with van der Waals surface area (Å²) >= 11 is 0. The molecule has 0 unspecified atom stereocenters. The van der Waals surface area contributed by atoms with E-state index in [-0.39, 0.29) is 5.69 Å². The van der Waals surface area contributed by atoms with Gasteiger partial charge in [-0.3, -0.25) is 4.98 Å². The molecule has 0 spiro atoms. The van der Waals surface area contributed by atoms with E-state index in [1.165, 1.54) is 6.07 Å². The number of hydrogen-bond donors (Lipinski definition) is 0. The van der Waals surface area contributed by atoms with Gasteiger partial charge in [0.15, 0.2) is 0 Å². The van der Waals surface area contributed by atoms with E-state index in [0.29, 0.717) is 27.9 Å². The van der Waals surface area contributed by atoms with Gasteiger partial charge < -0.3 is 4.42 Å². The highest BCUT2D eigenvalue weighted by atomic mass is 19.1. The molecule has 0 bridgehead atoms. The van der Waals surface area contributed by atoms with Crippen molar-refractivity contribution in [1.29, 1.82) is 5.26 Å². The van der Waals surface area contributed by atoms with Gasteiger partial charge in [0.1, 0.15) is 17.0 Å². The first-order valence-electron chi connectivity index (χ1n) is 12.6. The molecule has 4 heteroatoms. The molecule has 0 saturated carbocycles. The monoisotopic (exact) mass is 457 g/mol. The summed E-state index contributed by atoms with van der Waals surface area (Å²) in [5, 5.41) is 11.5. The maximum absolute atomic E-state index is 14.2. The van der Waals surface area contributed by atoms with E-state index in [4.69, 9.17) is 8.53 Å². The number of para-hydroxylation sites is 1. The van der Waals surface area contributed by atoms with Crippen LogP contribution in [0.4, 0.5) is 4.39 Å². The van der Waals surface area contributed by atoms with Crippen LogP contribution in [0.15, 0.2) is 102 Å². The van der Waals surface area contributed by atoms with Crippen LogP contribution in [0.3, 0.4) is 0 Å². The maximum atomic E-state index is 14.2. The zero-order chi connectivity index (χ0) is 26.4. The van der Waals surface area contributed by atoms with Gasteiger partial charge in [0, 0.05) is 26.0 Å². The van der Waals surface area contributed by atoms with Crippen molar-refractivity contribution in [2.75, 3.05) is 0 Å². The Hall–Kier alpha value is -4.75. The third kappa shape index (κ3) is 3.46. The minimum atomic E-state index is -2.62. The van der Waals surface area contributed by atoms with Crippen LogP contribution in [0, 0.1) is 24.0 Å². The number of halogens is 1. The first-order valence-corrected chi connectivity index (χ1v) is 11.1. The highest BCUT2D eigenvalue weighted by Crippen LogP contribution is 2.41. The summed E-state index contributed by atoms with van der Waals surface area (Å²) in [4.78, 5) is 4.16. The Balaban J connectivity index is 1.56. The van der Waals surface area contributed by atoms with Crippen molar-refractivity contribution in [3.05, 3.63) is 114 Å². The second kappa shape index (κ2) is 8.23. The average Bonchev–Trinajstić information content (AvgIpc) is 3.32. The molecule has 2 aromatic heterocycles. The Labute approximate surface area is 205 Å². The Morgan fingerprint density at radius 1 is 0.829 bits per heavy atom. The number of aryl methyl sites for hydroxylation is 1. The van der Waals surface area contributed by atoms with Gasteiger partial charge in [-0.05, 0) is 53.4 Å². The van der Waals surface area contributed by atoms with Gasteiger partial charge in [-0.1, -0.05) is 66.7 Å². The number of pyridine rings is 1. The number of nitrogens with zero attached hydrogens (tertiary/aromatic N) is 2. The van der Waals surface area contributed by atoms with Crippen LogP contribution in [-0.2, 0) is 0 Å². The number of furan rings is 1. The third-order valence-corrected chi connectivity index (χ3v) is 6.20. The quantitative estimate of drug-likeness (QED) is 0.268. The molecule has 0 saturated heterocycles. The molecule has 166 valence electrons. The lowest BCUT2D eigenvalue weighted by Crippen LogP contribution is -1.89. The highest BCUT2D eigenvalue weighted by Gasteiger charge is 2.19. The van der Waals surface area contributed by atoms with Crippen LogP contribution < -0.4 is 0 Å². The minimum Gasteiger partial charge on any atom is -0.455 e. The van der Waals surface area contributed by atoms with Crippen LogP contribution in [-0.4, -0.2) is 4.98 Å². The standard InChI is InChI=1S/C31H19FN2O/c1-19-16-28(34-18-27(19)32)26-9-5-8-24-25-15-14-23(17-33)29(31(25)35-30(24)26)22-12-10-21(11-13-22)20-6-3-2-4-7-20/h2-16,18H,1H3/i1D3. The highest BCUT2D eigenvalue weighted by molar-refractivity contribution is 6.13. The zero-order valence-corrected chi connectivity index (χ0v) is 18.4. The van der Waals surface area contributed by atoms with E-state index in [2.05, 4.69) is 11.1 Å². The van der Waals surface area contributed by atoms with Crippen molar-refractivity contribution in [3.8, 4) is 39.6 Å². The molecule has 35 heavy (non-hydrogen) atoms. The predicted molar refractivity (Wildman–Crippen MR) is 137 cm³/mol. The van der Waals surface area contributed by atoms with Gasteiger partial charge in [-0.2, -0.15) is 5.26 Å². The second-order valence-corrected chi connectivity index (χ2v) is 8.25. The maximum Gasteiger partial charge on any atom is 0.144 e. The minimum absolute atomic E-state index is 0.288. The number of aromatic nitrogens is 1. The topological polar surface area (TPSA) is 49.8 Å². The molecule has 0 aliphatic carbocycles. The van der Waals surface area contributed by atoms with Gasteiger partial charge in [0.05, 0.1) is 23.5 Å². The van der Waals surface area contributed by atoms with Crippen LogP contribution in [0.25, 0.3) is 55.4 Å². The fourth-order valence-electron chi connectivity index (χ4n) is 4.49. The zero-order valence-electron chi connectivity index (χ0n) is 21.4. The summed E-state index contributed by atoms with van der Waals surface area (Å²) in [7, 11) is 0. The summed E-state index contributed by atoms with van der Waals surface area (Å²) in [6.45, 7) is -2.62. The molecular formula is C31H19FN2O. The fourth-order valence-corrected chi connectivity index (χ4v) is 4.49. The van der Waals surface area contributed by atoms with E-state index < -0.39 is 18.2 Å². The summed E-state index contributed by atoms with van der Waals surface area (Å²) < 4.78 is 43.7. The summed E-state index contributed by atoms with van der Waals surface area (Å²) in [5.41, 5.74) is 5.56. The first-order chi connectivity index (χ1) is 18.3. The Bertz CT molecular complexity index is 1870. The molecular weight excluding hydrogens is 435 g/mol. The molecule has 6 aromatic rings. The van der Waals surface area contributed by atoms with Crippen LogP contribution in [0.5, 0.6) is 0 Å². The summed E-state index contributed by atoms with van der Waals surface area (Å²) in [6, 6.07) is 30.6. The Morgan fingerprint density at radius 3 is 2.34 bits per heavy atom. The van der Waals surface area contributed by atoms with Crippen molar-refractivity contribution in [3.63, 3.8) is 0 Å². The predicted octanol–water partition coefficient (Wildman–Crippen LogP) is 8.30. The lowest BCUT2D eigenvalue weighted by Gasteiger charge is -2.07. The first kappa shape index (κ1) is 17.7. The molecule has 4 aromatic carbocycles. The van der Waals surface area contributed by atoms with Crippen molar-refractivity contribution in [2.24, 2.45) is 0 Å². The molecule has 0 amide bonds. The number of nitriles is 1. The van der Waals surface area contributed by atoms with Crippen molar-refractivity contribution in [2.45, 2.75) is 6.85 Å². The van der Waals surface area contributed by atoms with E-state index in [9.17, 15) is 9.65 Å². The normalized spacial score (nSPS) is 12.7. The third-order valence-electron chi connectivity index (χ3n) is 6.20. The second-order valence-electron chi connectivity index (χ2n) is 8.25. The summed E-state index contributed by atoms with van der Waals surface area (Å²) in [6.07, 6.45) is 0.923. The number of hydrogen-bond acceptors (Lipinski definition) is 3. The smallest absolute Gasteiger partial charge is 0.144 e. The van der Waals surface area contributed by atoms with E-state index in [1.54, 1.807) is 12.1 Å². The van der Waals surface area contributed by atoms with Crippen molar-refractivity contribution < 1.29 is 12.9 Å². The molecule has 0 fully saturated rings. The molecule has 2 heterocycles. The summed E-state index contributed by atoms with van der Waals surface area (Å²) in [5.74, 6) is -0.884. The van der Waals surface area contributed by atoms with E-state index in [1.807, 2.05) is 72.8 Å². The molecule has 0 atom stereocenters. The largest absolute Gasteiger partial charge is 0.455 e. The molecule has 0 aliphatic heterocycles.